The maximum atomic E-state index is 17.6. The van der Waals surface area contributed by atoms with Gasteiger partial charge in [0.2, 0.25) is 0 Å². The van der Waals surface area contributed by atoms with Gasteiger partial charge in [0.05, 0.1) is 31.1 Å². The Balaban J connectivity index is 1.34. The van der Waals surface area contributed by atoms with Crippen molar-refractivity contribution in [2.75, 3.05) is 78.1 Å². The van der Waals surface area contributed by atoms with E-state index in [4.69, 9.17) is 20.9 Å². The SMILES string of the molecule is C#Cc1c(F)ccc2cc(O)cc(C3=C(F)c4nc(OCC5(CN(C)C)CC5)nc(N5CCC6(CC5)CNC6)c4S(=O)(=O)N3CC3COC3)c12. The van der Waals surface area contributed by atoms with Crippen LogP contribution in [0.2, 0.25) is 0 Å². The van der Waals surface area contributed by atoms with Gasteiger partial charge >= 0.3 is 6.01 Å². The molecule has 3 saturated heterocycles. The van der Waals surface area contributed by atoms with Crippen molar-refractivity contribution in [1.82, 2.24) is 24.5 Å². The zero-order valence-electron chi connectivity index (χ0n) is 28.1. The van der Waals surface area contributed by atoms with Crippen molar-refractivity contribution in [3.8, 4) is 24.1 Å². The Hall–Kier alpha value is -4.03. The third-order valence-electron chi connectivity index (χ3n) is 10.9. The number of sulfonamides is 1. The van der Waals surface area contributed by atoms with Gasteiger partial charge in [-0.3, -0.25) is 4.31 Å². The van der Waals surface area contributed by atoms with Crippen molar-refractivity contribution in [3.05, 3.63) is 46.9 Å². The van der Waals surface area contributed by atoms with Gasteiger partial charge in [-0.25, -0.2) is 17.2 Å². The molecule has 1 spiro atoms. The Morgan fingerprint density at radius 2 is 1.88 bits per heavy atom. The number of terminal acetylenes is 1. The Labute approximate surface area is 290 Å². The molecule has 11 nitrogen and oxygen atoms in total. The van der Waals surface area contributed by atoms with E-state index in [-0.39, 0.29) is 81.2 Å². The molecule has 14 heteroatoms. The standard InChI is InChI=1S/C36H40F2N6O5S/c1-4-25-27(37)6-5-23-13-24(45)14-26(28(23)25)31-29(38)30-32(50(46,47)44(31)15-22-16-48-17-22)33(43-11-9-35(10-12-43)18-39-19-35)41-34(40-30)49-21-36(7-8-36)20-42(2)3/h1,5-6,13-14,22,39,45H,7-12,15-21H2,2-3H3. The number of rotatable bonds is 9. The maximum Gasteiger partial charge on any atom is 0.319 e. The number of fused-ring (bicyclic) bond motifs is 2. The summed E-state index contributed by atoms with van der Waals surface area (Å²) in [5.74, 6) is 0.246. The quantitative estimate of drug-likeness (QED) is 0.318. The summed E-state index contributed by atoms with van der Waals surface area (Å²) in [5, 5.41) is 14.6. The minimum absolute atomic E-state index is 0.0673. The van der Waals surface area contributed by atoms with Crippen molar-refractivity contribution >= 4 is 38.1 Å². The van der Waals surface area contributed by atoms with Gasteiger partial charge < -0.3 is 29.7 Å². The second-order valence-corrected chi connectivity index (χ2v) is 16.7. The van der Waals surface area contributed by atoms with E-state index in [2.05, 4.69) is 21.1 Å². The first-order chi connectivity index (χ1) is 23.9. The smallest absolute Gasteiger partial charge is 0.319 e. The molecule has 4 aliphatic heterocycles. The highest BCUT2D eigenvalue weighted by molar-refractivity contribution is 7.89. The van der Waals surface area contributed by atoms with E-state index in [9.17, 15) is 5.11 Å². The molecule has 5 heterocycles. The number of benzene rings is 2. The van der Waals surface area contributed by atoms with Crippen LogP contribution in [0.4, 0.5) is 14.6 Å². The van der Waals surface area contributed by atoms with E-state index in [0.29, 0.717) is 25.1 Å². The van der Waals surface area contributed by atoms with E-state index in [1.54, 1.807) is 0 Å². The van der Waals surface area contributed by atoms with Crippen molar-refractivity contribution in [2.45, 2.75) is 30.6 Å². The number of nitrogens with zero attached hydrogens (tertiary/aromatic N) is 5. The molecule has 0 atom stereocenters. The molecule has 0 amide bonds. The molecule has 0 radical (unpaired) electrons. The maximum absolute atomic E-state index is 17.6. The number of anilines is 1. The molecule has 1 aliphatic carbocycles. The molecule has 50 heavy (non-hydrogen) atoms. The molecule has 2 N–H and O–H groups in total. The fraction of sp³-hybridized carbons (Fsp3) is 0.500. The molecular weight excluding hydrogens is 666 g/mol. The fourth-order valence-electron chi connectivity index (χ4n) is 7.79. The van der Waals surface area contributed by atoms with E-state index < -0.39 is 27.4 Å². The molecule has 1 saturated carbocycles. The van der Waals surface area contributed by atoms with Gasteiger partial charge in [0, 0.05) is 61.6 Å². The van der Waals surface area contributed by atoms with Crippen LogP contribution < -0.4 is 15.0 Å². The molecule has 3 aromatic rings. The van der Waals surface area contributed by atoms with E-state index in [1.807, 2.05) is 19.0 Å². The number of hydrogen-bond donors (Lipinski definition) is 2. The third kappa shape index (κ3) is 5.55. The number of phenols is 1. The molecule has 4 fully saturated rings. The van der Waals surface area contributed by atoms with Crippen LogP contribution in [0.3, 0.4) is 0 Å². The van der Waals surface area contributed by atoms with Crippen molar-refractivity contribution in [2.24, 2.45) is 16.7 Å². The lowest BCUT2D eigenvalue weighted by Gasteiger charge is -2.49. The summed E-state index contributed by atoms with van der Waals surface area (Å²) in [5.41, 5.74) is -1.000. The van der Waals surface area contributed by atoms with E-state index >= 15 is 17.2 Å². The van der Waals surface area contributed by atoms with Crippen LogP contribution in [0, 0.1) is 34.9 Å². The highest BCUT2D eigenvalue weighted by Gasteiger charge is 2.48. The predicted molar refractivity (Wildman–Crippen MR) is 184 cm³/mol. The van der Waals surface area contributed by atoms with Crippen molar-refractivity contribution in [3.63, 3.8) is 0 Å². The van der Waals surface area contributed by atoms with Crippen LogP contribution in [0.5, 0.6) is 11.8 Å². The van der Waals surface area contributed by atoms with Gasteiger partial charge in [0.1, 0.15) is 17.3 Å². The molecule has 2 aromatic carbocycles. The van der Waals surface area contributed by atoms with Crippen LogP contribution >= 0.6 is 0 Å². The number of halogens is 2. The zero-order valence-corrected chi connectivity index (χ0v) is 29.0. The second-order valence-electron chi connectivity index (χ2n) is 14.9. The lowest BCUT2D eigenvalue weighted by Crippen LogP contribution is -2.58. The first kappa shape index (κ1) is 33.1. The Bertz CT molecular complexity index is 2060. The molecular formula is C36H40F2N6O5S. The molecule has 1 aromatic heterocycles. The monoisotopic (exact) mass is 706 g/mol. The van der Waals surface area contributed by atoms with Crippen LogP contribution in [0.15, 0.2) is 29.2 Å². The predicted octanol–water partition coefficient (Wildman–Crippen LogP) is 3.81. The summed E-state index contributed by atoms with van der Waals surface area (Å²) >= 11 is 0. The Kier molecular flexibility index (Phi) is 7.98. The number of hydrogen-bond acceptors (Lipinski definition) is 10. The van der Waals surface area contributed by atoms with Crippen molar-refractivity contribution < 1.29 is 31.8 Å². The lowest BCUT2D eigenvalue weighted by atomic mass is 9.73. The highest BCUT2D eigenvalue weighted by Crippen LogP contribution is 2.50. The summed E-state index contributed by atoms with van der Waals surface area (Å²) in [4.78, 5) is 12.8. The van der Waals surface area contributed by atoms with Gasteiger partial charge in [-0.05, 0) is 68.8 Å². The largest absolute Gasteiger partial charge is 0.508 e. The van der Waals surface area contributed by atoms with Crippen LogP contribution in [-0.2, 0) is 14.8 Å². The fourth-order valence-corrected chi connectivity index (χ4v) is 9.62. The van der Waals surface area contributed by atoms with Gasteiger partial charge in [0.15, 0.2) is 16.5 Å². The van der Waals surface area contributed by atoms with Crippen molar-refractivity contribution in [1.29, 1.82) is 0 Å². The summed E-state index contributed by atoms with van der Waals surface area (Å²) in [7, 11) is -0.566. The Morgan fingerprint density at radius 3 is 2.48 bits per heavy atom. The Morgan fingerprint density at radius 1 is 1.14 bits per heavy atom. The topological polar surface area (TPSA) is 120 Å². The number of ether oxygens (including phenoxy) is 2. The molecule has 0 unspecified atom stereocenters. The number of aromatic nitrogens is 2. The molecule has 8 rings (SSSR count). The number of phenolic OH excluding ortho intramolecular Hbond substituents is 1. The first-order valence-corrected chi connectivity index (χ1v) is 18.4. The lowest BCUT2D eigenvalue weighted by molar-refractivity contribution is -0.0348. The van der Waals surface area contributed by atoms with E-state index in [0.717, 1.165) is 55.7 Å². The summed E-state index contributed by atoms with van der Waals surface area (Å²) in [6.45, 7) is 4.39. The average molecular weight is 707 g/mol. The van der Waals surface area contributed by atoms with Crippen LogP contribution in [0.25, 0.3) is 22.3 Å². The number of nitrogens with one attached hydrogen (secondary N) is 1. The normalized spacial score (nSPS) is 21.9. The zero-order chi connectivity index (χ0) is 35.0. The molecule has 0 bridgehead atoms. The number of aromatic hydroxyl groups is 1. The third-order valence-corrected chi connectivity index (χ3v) is 12.7. The van der Waals surface area contributed by atoms with Gasteiger partial charge in [-0.1, -0.05) is 12.0 Å². The second kappa shape index (κ2) is 12.0. The van der Waals surface area contributed by atoms with Crippen LogP contribution in [-0.4, -0.2) is 106 Å². The highest BCUT2D eigenvalue weighted by atomic mass is 32.2. The summed E-state index contributed by atoms with van der Waals surface area (Å²) < 4.78 is 75.4. The van der Waals surface area contributed by atoms with Gasteiger partial charge in [0.25, 0.3) is 10.0 Å². The first-order valence-electron chi connectivity index (χ1n) is 17.0. The molecule has 5 aliphatic rings. The summed E-state index contributed by atoms with van der Waals surface area (Å²) in [6.07, 6.45) is 9.32. The van der Waals surface area contributed by atoms with Gasteiger partial charge in [-0.2, -0.15) is 9.97 Å². The van der Waals surface area contributed by atoms with E-state index in [1.165, 1.54) is 18.2 Å². The minimum atomic E-state index is -4.55. The summed E-state index contributed by atoms with van der Waals surface area (Å²) in [6, 6.07) is 5.06. The number of piperidine rings is 1. The van der Waals surface area contributed by atoms with Gasteiger partial charge in [-0.15, -0.1) is 6.42 Å². The van der Waals surface area contributed by atoms with Crippen LogP contribution in [0.1, 0.15) is 42.5 Å². The minimum Gasteiger partial charge on any atom is -0.508 e. The molecule has 264 valence electrons. The average Bonchev–Trinajstić information content (AvgIpc) is 3.81.